The molecule has 0 unspecified atom stereocenters. The van der Waals surface area contributed by atoms with E-state index in [0.717, 1.165) is 5.69 Å². The number of rotatable bonds is 2. The third-order valence-electron chi connectivity index (χ3n) is 2.91. The predicted octanol–water partition coefficient (Wildman–Crippen LogP) is 4.41. The van der Waals surface area contributed by atoms with Crippen LogP contribution in [0.4, 0.5) is 0 Å². The molecule has 1 nitrogen and oxygen atoms in total. The molecule has 0 saturated carbocycles. The number of nitrogens with zero attached hydrogens (tertiary/aromatic N) is 1. The summed E-state index contributed by atoms with van der Waals surface area (Å²) in [4.78, 5) is 4.27. The largest absolute Gasteiger partial charge is 0.257 e. The summed E-state index contributed by atoms with van der Waals surface area (Å²) in [6, 6.07) is 20.8. The highest BCUT2D eigenvalue weighted by Gasteiger charge is 1.93. The third-order valence-corrected chi connectivity index (χ3v) is 2.91. The van der Waals surface area contributed by atoms with E-state index in [0.29, 0.717) is 0 Å². The first-order chi connectivity index (χ1) is 8.92. The van der Waals surface area contributed by atoms with Crippen molar-refractivity contribution in [2.75, 3.05) is 0 Å². The summed E-state index contributed by atoms with van der Waals surface area (Å²) < 4.78 is 0. The second-order valence-electron chi connectivity index (χ2n) is 4.19. The average Bonchev–Trinajstić information content (AvgIpc) is 2.46. The molecule has 0 spiro atoms. The smallest absolute Gasteiger partial charge is 0.0629 e. The second-order valence-corrected chi connectivity index (χ2v) is 4.19. The van der Waals surface area contributed by atoms with Crippen molar-refractivity contribution < 1.29 is 0 Å². The van der Waals surface area contributed by atoms with E-state index in [9.17, 15) is 0 Å². The zero-order chi connectivity index (χ0) is 12.2. The van der Waals surface area contributed by atoms with Gasteiger partial charge in [-0.05, 0) is 40.6 Å². The van der Waals surface area contributed by atoms with Crippen molar-refractivity contribution in [3.05, 3.63) is 78.1 Å². The number of benzene rings is 2. The maximum atomic E-state index is 4.27. The van der Waals surface area contributed by atoms with Gasteiger partial charge in [-0.3, -0.25) is 4.98 Å². The van der Waals surface area contributed by atoms with Gasteiger partial charge in [-0.2, -0.15) is 0 Å². The molecule has 1 heteroatoms. The molecule has 0 bridgehead atoms. The molecule has 86 valence electrons. The molecule has 1 aromatic heterocycles. The molecule has 0 atom stereocenters. The molecule has 2 aromatic carbocycles. The van der Waals surface area contributed by atoms with E-state index >= 15 is 0 Å². The Bertz CT molecular complexity index is 684. The normalized spacial score (nSPS) is 11.1. The Morgan fingerprint density at radius 1 is 0.722 bits per heavy atom. The molecule has 0 fully saturated rings. The number of fused-ring (bicyclic) bond motifs is 1. The van der Waals surface area contributed by atoms with Gasteiger partial charge in [-0.15, -0.1) is 0 Å². The number of hydrogen-bond donors (Lipinski definition) is 0. The lowest BCUT2D eigenvalue weighted by atomic mass is 10.1. The van der Waals surface area contributed by atoms with Gasteiger partial charge in [-0.25, -0.2) is 0 Å². The van der Waals surface area contributed by atoms with Crippen molar-refractivity contribution in [3.63, 3.8) is 0 Å². The maximum Gasteiger partial charge on any atom is 0.0629 e. The van der Waals surface area contributed by atoms with E-state index in [-0.39, 0.29) is 0 Å². The highest BCUT2D eigenvalue weighted by atomic mass is 14.6. The van der Waals surface area contributed by atoms with Gasteiger partial charge < -0.3 is 0 Å². The summed E-state index contributed by atoms with van der Waals surface area (Å²) in [5.41, 5.74) is 2.17. The molecule has 3 aromatic rings. The first-order valence-electron chi connectivity index (χ1n) is 6.00. The van der Waals surface area contributed by atoms with Gasteiger partial charge in [0.15, 0.2) is 0 Å². The molecular formula is C17H13N. The summed E-state index contributed by atoms with van der Waals surface area (Å²) in [5, 5.41) is 2.54. The summed E-state index contributed by atoms with van der Waals surface area (Å²) in [6.45, 7) is 0. The van der Waals surface area contributed by atoms with E-state index < -0.39 is 0 Å². The van der Waals surface area contributed by atoms with E-state index in [2.05, 4.69) is 53.5 Å². The fourth-order valence-corrected chi connectivity index (χ4v) is 1.97. The number of aromatic nitrogens is 1. The van der Waals surface area contributed by atoms with Gasteiger partial charge in [0.05, 0.1) is 5.69 Å². The lowest BCUT2D eigenvalue weighted by molar-refractivity contribution is 1.30. The van der Waals surface area contributed by atoms with Crippen LogP contribution >= 0.6 is 0 Å². The van der Waals surface area contributed by atoms with Crippen molar-refractivity contribution in [2.24, 2.45) is 0 Å². The monoisotopic (exact) mass is 231 g/mol. The summed E-state index contributed by atoms with van der Waals surface area (Å²) in [6.07, 6.45) is 5.93. The van der Waals surface area contributed by atoms with Crippen LogP contribution in [0.1, 0.15) is 11.3 Å². The van der Waals surface area contributed by atoms with Gasteiger partial charge in [0.25, 0.3) is 0 Å². The first-order valence-corrected chi connectivity index (χ1v) is 6.00. The molecule has 0 N–H and O–H groups in total. The Morgan fingerprint density at radius 2 is 1.56 bits per heavy atom. The Hall–Kier alpha value is -2.41. The number of hydrogen-bond acceptors (Lipinski definition) is 1. The highest BCUT2D eigenvalue weighted by Crippen LogP contribution is 2.17. The average molecular weight is 231 g/mol. The molecule has 0 saturated heterocycles. The molecule has 0 amide bonds. The van der Waals surface area contributed by atoms with Crippen LogP contribution in [-0.2, 0) is 0 Å². The Kier molecular flexibility index (Phi) is 2.89. The molecule has 0 aliphatic heterocycles. The Labute approximate surface area is 106 Å². The minimum atomic E-state index is 0.977. The molecular weight excluding hydrogens is 218 g/mol. The van der Waals surface area contributed by atoms with Crippen LogP contribution < -0.4 is 0 Å². The maximum absolute atomic E-state index is 4.27. The van der Waals surface area contributed by atoms with Crippen molar-refractivity contribution >= 4 is 22.9 Å². The van der Waals surface area contributed by atoms with Gasteiger partial charge in [0.1, 0.15) is 0 Å². The van der Waals surface area contributed by atoms with Crippen LogP contribution in [0.15, 0.2) is 66.9 Å². The van der Waals surface area contributed by atoms with Crippen LogP contribution in [-0.4, -0.2) is 4.98 Å². The predicted molar refractivity (Wildman–Crippen MR) is 77.1 cm³/mol. The first kappa shape index (κ1) is 10.7. The Morgan fingerprint density at radius 3 is 2.39 bits per heavy atom. The van der Waals surface area contributed by atoms with E-state index in [4.69, 9.17) is 0 Å². The van der Waals surface area contributed by atoms with E-state index in [1.54, 1.807) is 6.20 Å². The van der Waals surface area contributed by atoms with Crippen molar-refractivity contribution in [3.8, 4) is 0 Å². The van der Waals surface area contributed by atoms with Crippen LogP contribution in [0.5, 0.6) is 0 Å². The van der Waals surface area contributed by atoms with Gasteiger partial charge >= 0.3 is 0 Å². The van der Waals surface area contributed by atoms with Crippen molar-refractivity contribution in [1.82, 2.24) is 4.98 Å². The topological polar surface area (TPSA) is 12.9 Å². The molecule has 3 rings (SSSR count). The molecule has 0 aliphatic carbocycles. The zero-order valence-corrected chi connectivity index (χ0v) is 9.95. The number of pyridine rings is 1. The fourth-order valence-electron chi connectivity index (χ4n) is 1.97. The summed E-state index contributed by atoms with van der Waals surface area (Å²) >= 11 is 0. The molecule has 0 radical (unpaired) electrons. The standard InChI is InChI=1S/C17H13N/c1-2-6-16-13-14(8-10-15(16)5-1)9-11-17-7-3-4-12-18-17/h1-13H. The summed E-state index contributed by atoms with van der Waals surface area (Å²) in [7, 11) is 0. The Balaban J connectivity index is 1.93. The van der Waals surface area contributed by atoms with Gasteiger partial charge in [0, 0.05) is 6.20 Å². The lowest BCUT2D eigenvalue weighted by Crippen LogP contribution is -1.78. The molecule has 0 aliphatic rings. The van der Waals surface area contributed by atoms with Crippen LogP contribution in [0.25, 0.3) is 22.9 Å². The fraction of sp³-hybridized carbons (Fsp3) is 0. The zero-order valence-electron chi connectivity index (χ0n) is 9.95. The second kappa shape index (κ2) is 4.84. The minimum Gasteiger partial charge on any atom is -0.257 e. The highest BCUT2D eigenvalue weighted by molar-refractivity contribution is 5.85. The SMILES string of the molecule is C(=Cc1ccccn1)c1ccc2ccccc2c1. The van der Waals surface area contributed by atoms with Crippen molar-refractivity contribution in [2.45, 2.75) is 0 Å². The molecule has 1 heterocycles. The quantitative estimate of drug-likeness (QED) is 0.636. The van der Waals surface area contributed by atoms with E-state index in [1.807, 2.05) is 24.3 Å². The van der Waals surface area contributed by atoms with Crippen molar-refractivity contribution in [1.29, 1.82) is 0 Å². The third kappa shape index (κ3) is 2.30. The lowest BCUT2D eigenvalue weighted by Gasteiger charge is -1.99. The molecule has 18 heavy (non-hydrogen) atoms. The van der Waals surface area contributed by atoms with Crippen LogP contribution in [0.2, 0.25) is 0 Å². The van der Waals surface area contributed by atoms with Gasteiger partial charge in [0.2, 0.25) is 0 Å². The minimum absolute atomic E-state index is 0.977. The summed E-state index contributed by atoms with van der Waals surface area (Å²) in [5.74, 6) is 0. The van der Waals surface area contributed by atoms with Crippen LogP contribution in [0.3, 0.4) is 0 Å². The van der Waals surface area contributed by atoms with Gasteiger partial charge in [-0.1, -0.05) is 48.5 Å². The van der Waals surface area contributed by atoms with E-state index in [1.165, 1.54) is 16.3 Å². The van der Waals surface area contributed by atoms with Crippen LogP contribution in [0, 0.1) is 0 Å².